The predicted octanol–water partition coefficient (Wildman–Crippen LogP) is 1.71. The Morgan fingerprint density at radius 2 is 1.96 bits per heavy atom. The maximum atomic E-state index is 12.2. The van der Waals surface area contributed by atoms with E-state index in [1.807, 2.05) is 24.3 Å². The van der Waals surface area contributed by atoms with E-state index in [1.54, 1.807) is 7.05 Å². The van der Waals surface area contributed by atoms with Gasteiger partial charge in [-0.1, -0.05) is 25.0 Å². The molecule has 1 heterocycles. The predicted molar refractivity (Wildman–Crippen MR) is 89.4 cm³/mol. The van der Waals surface area contributed by atoms with Gasteiger partial charge in [0.2, 0.25) is 11.8 Å². The minimum atomic E-state index is -0.398. The van der Waals surface area contributed by atoms with Gasteiger partial charge in [0.25, 0.3) is 0 Å². The monoisotopic (exact) mass is 332 g/mol. The van der Waals surface area contributed by atoms with Crippen LogP contribution in [0, 0.1) is 5.92 Å². The first-order valence-corrected chi connectivity index (χ1v) is 8.49. The van der Waals surface area contributed by atoms with Crippen molar-refractivity contribution in [3.63, 3.8) is 0 Å². The summed E-state index contributed by atoms with van der Waals surface area (Å²) in [5.41, 5.74) is 1.64. The number of carbonyl (C=O) groups excluding carboxylic acids is 2. The number of anilines is 1. The molecule has 1 aliphatic heterocycles. The molecule has 2 atom stereocenters. The molecule has 1 aromatic carbocycles. The fourth-order valence-electron chi connectivity index (χ4n) is 3.49. The SMILES string of the molecule is CN1C(=O)CO[C@H](c2ccc(NC(=O)C3CCCC3)cc2)[C@H]1CO. The molecule has 0 spiro atoms. The van der Waals surface area contributed by atoms with Crippen molar-refractivity contribution in [1.29, 1.82) is 0 Å². The molecular formula is C18H24N2O4. The molecule has 6 heteroatoms. The lowest BCUT2D eigenvalue weighted by Crippen LogP contribution is -2.50. The first-order chi connectivity index (χ1) is 11.6. The molecule has 2 N–H and O–H groups in total. The van der Waals surface area contributed by atoms with Crippen molar-refractivity contribution in [2.75, 3.05) is 25.6 Å². The highest BCUT2D eigenvalue weighted by Crippen LogP contribution is 2.30. The Hall–Kier alpha value is -1.92. The second kappa shape index (κ2) is 7.32. The number of amides is 2. The number of likely N-dealkylation sites (N-methyl/N-ethyl adjacent to an activating group) is 1. The zero-order chi connectivity index (χ0) is 17.1. The Balaban J connectivity index is 1.67. The van der Waals surface area contributed by atoms with Gasteiger partial charge < -0.3 is 20.1 Å². The van der Waals surface area contributed by atoms with Crippen molar-refractivity contribution in [3.05, 3.63) is 29.8 Å². The molecule has 2 aliphatic rings. The van der Waals surface area contributed by atoms with Crippen LogP contribution < -0.4 is 5.32 Å². The Kier molecular flexibility index (Phi) is 5.16. The van der Waals surface area contributed by atoms with Crippen LogP contribution in [0.2, 0.25) is 0 Å². The van der Waals surface area contributed by atoms with E-state index in [1.165, 1.54) is 4.90 Å². The maximum Gasteiger partial charge on any atom is 0.248 e. The number of nitrogens with zero attached hydrogens (tertiary/aromatic N) is 1. The molecule has 3 rings (SSSR count). The normalized spacial score (nSPS) is 25.1. The fraction of sp³-hybridized carbons (Fsp3) is 0.556. The zero-order valence-electron chi connectivity index (χ0n) is 13.9. The molecule has 2 amide bonds. The van der Waals surface area contributed by atoms with E-state index in [-0.39, 0.29) is 37.0 Å². The Labute approximate surface area is 141 Å². The van der Waals surface area contributed by atoms with Gasteiger partial charge in [-0.05, 0) is 30.5 Å². The van der Waals surface area contributed by atoms with Gasteiger partial charge in [-0.2, -0.15) is 0 Å². The average Bonchev–Trinajstić information content (AvgIpc) is 3.13. The largest absolute Gasteiger partial charge is 0.394 e. The first-order valence-electron chi connectivity index (χ1n) is 8.49. The molecule has 2 fully saturated rings. The van der Waals surface area contributed by atoms with Crippen molar-refractivity contribution in [2.45, 2.75) is 37.8 Å². The van der Waals surface area contributed by atoms with Gasteiger partial charge in [0.05, 0.1) is 12.6 Å². The smallest absolute Gasteiger partial charge is 0.248 e. The summed E-state index contributed by atoms with van der Waals surface area (Å²) in [7, 11) is 1.68. The van der Waals surface area contributed by atoms with Crippen LogP contribution in [0.4, 0.5) is 5.69 Å². The van der Waals surface area contributed by atoms with Crippen LogP contribution in [0.1, 0.15) is 37.4 Å². The quantitative estimate of drug-likeness (QED) is 0.880. The van der Waals surface area contributed by atoms with E-state index in [2.05, 4.69) is 5.32 Å². The third kappa shape index (κ3) is 3.44. The summed E-state index contributed by atoms with van der Waals surface area (Å²) >= 11 is 0. The molecule has 0 unspecified atom stereocenters. The topological polar surface area (TPSA) is 78.9 Å². The summed E-state index contributed by atoms with van der Waals surface area (Å²) in [6, 6.07) is 7.04. The summed E-state index contributed by atoms with van der Waals surface area (Å²) in [6.07, 6.45) is 3.84. The number of rotatable bonds is 4. The maximum absolute atomic E-state index is 12.2. The number of ether oxygens (including phenoxy) is 1. The number of hydrogen-bond acceptors (Lipinski definition) is 4. The fourth-order valence-corrected chi connectivity index (χ4v) is 3.49. The highest BCUT2D eigenvalue weighted by Gasteiger charge is 2.35. The van der Waals surface area contributed by atoms with Gasteiger partial charge in [-0.25, -0.2) is 0 Å². The lowest BCUT2D eigenvalue weighted by molar-refractivity contribution is -0.157. The number of morpholine rings is 1. The molecule has 1 aliphatic carbocycles. The molecule has 1 aromatic rings. The van der Waals surface area contributed by atoms with Crippen molar-refractivity contribution >= 4 is 17.5 Å². The second-order valence-corrected chi connectivity index (χ2v) is 6.58. The van der Waals surface area contributed by atoms with Crippen molar-refractivity contribution in [3.8, 4) is 0 Å². The third-order valence-corrected chi connectivity index (χ3v) is 5.05. The third-order valence-electron chi connectivity index (χ3n) is 5.05. The zero-order valence-corrected chi connectivity index (χ0v) is 13.9. The summed E-state index contributed by atoms with van der Waals surface area (Å²) in [4.78, 5) is 25.4. The van der Waals surface area contributed by atoms with Gasteiger partial charge in [0.15, 0.2) is 0 Å². The Morgan fingerprint density at radius 3 is 2.58 bits per heavy atom. The molecule has 6 nitrogen and oxygen atoms in total. The van der Waals surface area contributed by atoms with E-state index in [9.17, 15) is 14.7 Å². The number of aliphatic hydroxyl groups excluding tert-OH is 1. The van der Waals surface area contributed by atoms with Crippen molar-refractivity contribution in [1.82, 2.24) is 4.90 Å². The number of aliphatic hydroxyl groups is 1. The number of hydrogen-bond donors (Lipinski definition) is 2. The van der Waals surface area contributed by atoms with Crippen molar-refractivity contribution in [2.24, 2.45) is 5.92 Å². The minimum absolute atomic E-state index is 0.0117. The van der Waals surface area contributed by atoms with Gasteiger partial charge in [0, 0.05) is 18.7 Å². The highest BCUT2D eigenvalue weighted by molar-refractivity contribution is 5.92. The number of nitrogens with one attached hydrogen (secondary N) is 1. The lowest BCUT2D eigenvalue weighted by atomic mass is 9.99. The van der Waals surface area contributed by atoms with Crippen LogP contribution in [-0.2, 0) is 14.3 Å². The molecule has 24 heavy (non-hydrogen) atoms. The number of carbonyl (C=O) groups is 2. The van der Waals surface area contributed by atoms with Crippen LogP contribution in [0.25, 0.3) is 0 Å². The first kappa shape index (κ1) is 16.9. The minimum Gasteiger partial charge on any atom is -0.394 e. The van der Waals surface area contributed by atoms with E-state index >= 15 is 0 Å². The average molecular weight is 332 g/mol. The molecule has 130 valence electrons. The standard InChI is InChI=1S/C18H24N2O4/c1-20-15(10-21)17(24-11-16(20)22)12-6-8-14(9-7-12)19-18(23)13-4-2-3-5-13/h6-9,13,15,17,21H,2-5,10-11H2,1H3,(H,19,23)/t15-,17-/m1/s1. The van der Waals surface area contributed by atoms with E-state index in [0.717, 1.165) is 36.9 Å². The van der Waals surface area contributed by atoms with E-state index in [0.29, 0.717) is 0 Å². The van der Waals surface area contributed by atoms with Crippen molar-refractivity contribution < 1.29 is 19.4 Å². The number of benzene rings is 1. The van der Waals surface area contributed by atoms with Gasteiger partial charge >= 0.3 is 0 Å². The molecule has 0 radical (unpaired) electrons. The highest BCUT2D eigenvalue weighted by atomic mass is 16.5. The molecular weight excluding hydrogens is 308 g/mol. The molecule has 1 saturated heterocycles. The summed E-state index contributed by atoms with van der Waals surface area (Å²) in [5, 5.41) is 12.5. The summed E-state index contributed by atoms with van der Waals surface area (Å²) < 4.78 is 5.61. The summed E-state index contributed by atoms with van der Waals surface area (Å²) in [6.45, 7) is -0.148. The van der Waals surface area contributed by atoms with Gasteiger partial charge in [-0.15, -0.1) is 0 Å². The van der Waals surface area contributed by atoms with Crippen LogP contribution in [-0.4, -0.2) is 48.1 Å². The summed E-state index contributed by atoms with van der Waals surface area (Å²) in [5.74, 6) is 0.0864. The van der Waals surface area contributed by atoms with E-state index in [4.69, 9.17) is 4.74 Å². The van der Waals surface area contributed by atoms with Crippen LogP contribution >= 0.6 is 0 Å². The van der Waals surface area contributed by atoms with Crippen LogP contribution in [0.15, 0.2) is 24.3 Å². The van der Waals surface area contributed by atoms with Gasteiger partial charge in [0.1, 0.15) is 12.7 Å². The lowest BCUT2D eigenvalue weighted by Gasteiger charge is -2.38. The molecule has 0 aromatic heterocycles. The van der Waals surface area contributed by atoms with Gasteiger partial charge in [-0.3, -0.25) is 9.59 Å². The van der Waals surface area contributed by atoms with E-state index < -0.39 is 6.04 Å². The Bertz CT molecular complexity index is 596. The Morgan fingerprint density at radius 1 is 1.29 bits per heavy atom. The van der Waals surface area contributed by atoms with Crippen LogP contribution in [0.5, 0.6) is 0 Å². The van der Waals surface area contributed by atoms with Crippen LogP contribution in [0.3, 0.4) is 0 Å². The molecule has 0 bridgehead atoms. The second-order valence-electron chi connectivity index (χ2n) is 6.58. The molecule has 1 saturated carbocycles.